The van der Waals surface area contributed by atoms with Crippen LogP contribution in [0.5, 0.6) is 5.75 Å². The van der Waals surface area contributed by atoms with Gasteiger partial charge in [-0.05, 0) is 18.2 Å². The summed E-state index contributed by atoms with van der Waals surface area (Å²) in [6.45, 7) is 0.508. The Labute approximate surface area is 91.5 Å². The molecule has 70 valence electrons. The number of halogens is 2. The molecule has 0 fully saturated rings. The standard InChI is InChI=1S/C10H10BrClO/c11-8-9(12)6-7-13-10-4-2-1-3-5-10/h1-6H,7-8H2/b9-6-. The first-order valence-electron chi connectivity index (χ1n) is 3.91. The Balaban J connectivity index is 2.36. The topological polar surface area (TPSA) is 9.23 Å². The van der Waals surface area contributed by atoms with Crippen LogP contribution in [0.1, 0.15) is 0 Å². The Morgan fingerprint density at radius 1 is 1.38 bits per heavy atom. The highest BCUT2D eigenvalue weighted by molar-refractivity contribution is 9.09. The van der Waals surface area contributed by atoms with Crippen molar-refractivity contribution in [3.05, 3.63) is 41.4 Å². The van der Waals surface area contributed by atoms with Crippen molar-refractivity contribution >= 4 is 27.5 Å². The molecule has 0 aliphatic carbocycles. The summed E-state index contributed by atoms with van der Waals surface area (Å²) in [5, 5.41) is 1.43. The van der Waals surface area contributed by atoms with E-state index in [1.54, 1.807) is 0 Å². The van der Waals surface area contributed by atoms with Crippen molar-refractivity contribution in [3.8, 4) is 5.75 Å². The third-order valence-corrected chi connectivity index (χ3v) is 2.64. The Morgan fingerprint density at radius 3 is 2.69 bits per heavy atom. The molecule has 0 spiro atoms. The summed E-state index contributed by atoms with van der Waals surface area (Å²) in [4.78, 5) is 0. The molecule has 0 radical (unpaired) electrons. The Hall–Kier alpha value is -0.470. The summed E-state index contributed by atoms with van der Waals surface area (Å²) in [5.41, 5.74) is 0. The molecule has 0 saturated heterocycles. The van der Waals surface area contributed by atoms with Crippen LogP contribution in [0.4, 0.5) is 0 Å². The van der Waals surface area contributed by atoms with E-state index in [9.17, 15) is 0 Å². The summed E-state index contributed by atoms with van der Waals surface area (Å²) < 4.78 is 5.40. The highest BCUT2D eigenvalue weighted by Crippen LogP contribution is 2.09. The van der Waals surface area contributed by atoms with Crippen molar-refractivity contribution in [3.63, 3.8) is 0 Å². The van der Waals surface area contributed by atoms with E-state index < -0.39 is 0 Å². The van der Waals surface area contributed by atoms with Gasteiger partial charge in [0.25, 0.3) is 0 Å². The number of allylic oxidation sites excluding steroid dienone is 1. The van der Waals surface area contributed by atoms with Crippen molar-refractivity contribution in [2.75, 3.05) is 11.9 Å². The van der Waals surface area contributed by atoms with E-state index in [2.05, 4.69) is 15.9 Å². The molecule has 0 saturated carbocycles. The minimum absolute atomic E-state index is 0.508. The zero-order valence-corrected chi connectivity index (χ0v) is 9.38. The summed E-state index contributed by atoms with van der Waals surface area (Å²) in [6.07, 6.45) is 1.84. The molecule has 13 heavy (non-hydrogen) atoms. The van der Waals surface area contributed by atoms with Crippen molar-refractivity contribution in [1.82, 2.24) is 0 Å². The van der Waals surface area contributed by atoms with Gasteiger partial charge in [-0.2, -0.15) is 0 Å². The lowest BCUT2D eigenvalue weighted by molar-refractivity contribution is 0.362. The molecule has 0 aliphatic rings. The number of rotatable bonds is 4. The van der Waals surface area contributed by atoms with Gasteiger partial charge in [0.1, 0.15) is 12.4 Å². The first-order valence-corrected chi connectivity index (χ1v) is 5.41. The van der Waals surface area contributed by atoms with Crippen LogP contribution in [0.25, 0.3) is 0 Å². The van der Waals surface area contributed by atoms with Gasteiger partial charge in [-0.3, -0.25) is 0 Å². The Bertz CT molecular complexity index is 272. The summed E-state index contributed by atoms with van der Waals surface area (Å²) in [5.74, 6) is 0.859. The van der Waals surface area contributed by atoms with Crippen molar-refractivity contribution in [2.45, 2.75) is 0 Å². The van der Waals surface area contributed by atoms with Gasteiger partial charge in [-0.25, -0.2) is 0 Å². The van der Waals surface area contributed by atoms with Crippen LogP contribution >= 0.6 is 27.5 Å². The maximum absolute atomic E-state index is 5.77. The predicted molar refractivity (Wildman–Crippen MR) is 59.7 cm³/mol. The van der Waals surface area contributed by atoms with Crippen LogP contribution in [0.15, 0.2) is 41.4 Å². The Morgan fingerprint density at radius 2 is 2.08 bits per heavy atom. The van der Waals surface area contributed by atoms with Crippen LogP contribution in [0.3, 0.4) is 0 Å². The fraction of sp³-hybridized carbons (Fsp3) is 0.200. The van der Waals surface area contributed by atoms with Crippen LogP contribution < -0.4 is 4.74 Å². The lowest BCUT2D eigenvalue weighted by Crippen LogP contribution is -1.93. The lowest BCUT2D eigenvalue weighted by Gasteiger charge is -2.01. The molecule has 0 N–H and O–H groups in total. The molecular weight excluding hydrogens is 251 g/mol. The van der Waals surface area contributed by atoms with Gasteiger partial charge >= 0.3 is 0 Å². The van der Waals surface area contributed by atoms with Crippen molar-refractivity contribution in [2.24, 2.45) is 0 Å². The fourth-order valence-corrected chi connectivity index (χ4v) is 1.09. The van der Waals surface area contributed by atoms with E-state index in [0.29, 0.717) is 11.9 Å². The average Bonchev–Trinajstić information content (AvgIpc) is 2.19. The average molecular weight is 262 g/mol. The number of alkyl halides is 1. The quantitative estimate of drug-likeness (QED) is 0.753. The molecule has 3 heteroatoms. The van der Waals surface area contributed by atoms with Gasteiger partial charge < -0.3 is 4.74 Å². The highest BCUT2D eigenvalue weighted by atomic mass is 79.9. The number of benzene rings is 1. The maximum atomic E-state index is 5.77. The minimum Gasteiger partial charge on any atom is -0.489 e. The van der Waals surface area contributed by atoms with Crippen LogP contribution in [0.2, 0.25) is 0 Å². The molecule has 0 unspecified atom stereocenters. The molecule has 1 aromatic rings. The minimum atomic E-state index is 0.508. The normalized spacial score (nSPS) is 11.4. The molecule has 1 aromatic carbocycles. The van der Waals surface area contributed by atoms with Gasteiger partial charge in [-0.15, -0.1) is 0 Å². The van der Waals surface area contributed by atoms with E-state index in [-0.39, 0.29) is 0 Å². The molecule has 0 aromatic heterocycles. The smallest absolute Gasteiger partial charge is 0.119 e. The van der Waals surface area contributed by atoms with E-state index in [0.717, 1.165) is 10.8 Å². The monoisotopic (exact) mass is 260 g/mol. The molecule has 1 nitrogen and oxygen atoms in total. The van der Waals surface area contributed by atoms with Crippen LogP contribution in [-0.4, -0.2) is 11.9 Å². The Kier molecular flexibility index (Phi) is 4.94. The lowest BCUT2D eigenvalue weighted by atomic mass is 10.3. The maximum Gasteiger partial charge on any atom is 0.119 e. The molecule has 0 amide bonds. The van der Waals surface area contributed by atoms with Crippen LogP contribution in [0, 0.1) is 0 Å². The van der Waals surface area contributed by atoms with Gasteiger partial charge in [0, 0.05) is 10.4 Å². The van der Waals surface area contributed by atoms with E-state index in [1.165, 1.54) is 0 Å². The third-order valence-electron chi connectivity index (χ3n) is 1.43. The second-order valence-corrected chi connectivity index (χ2v) is 3.45. The van der Waals surface area contributed by atoms with Crippen LogP contribution in [-0.2, 0) is 0 Å². The summed E-state index contributed by atoms with van der Waals surface area (Å²) >= 11 is 9.01. The number of para-hydroxylation sites is 1. The van der Waals surface area contributed by atoms with Gasteiger partial charge in [-0.1, -0.05) is 45.7 Å². The van der Waals surface area contributed by atoms with Gasteiger partial charge in [0.2, 0.25) is 0 Å². The molecule has 0 atom stereocenters. The molecule has 1 rings (SSSR count). The molecule has 0 bridgehead atoms. The van der Waals surface area contributed by atoms with E-state index >= 15 is 0 Å². The summed E-state index contributed by atoms with van der Waals surface area (Å²) in [6, 6.07) is 9.65. The zero-order chi connectivity index (χ0) is 9.52. The molecule has 0 heterocycles. The zero-order valence-electron chi connectivity index (χ0n) is 7.04. The van der Waals surface area contributed by atoms with E-state index in [1.807, 2.05) is 36.4 Å². The predicted octanol–water partition coefficient (Wildman–Crippen LogP) is 3.58. The van der Waals surface area contributed by atoms with Gasteiger partial charge in [0.05, 0.1) is 0 Å². The third kappa shape index (κ3) is 4.34. The number of hydrogen-bond acceptors (Lipinski definition) is 1. The number of hydrogen-bond donors (Lipinski definition) is 0. The summed E-state index contributed by atoms with van der Waals surface area (Å²) in [7, 11) is 0. The SMILES string of the molecule is Cl/C(=C\COc1ccccc1)CBr. The van der Waals surface area contributed by atoms with Crippen molar-refractivity contribution in [1.29, 1.82) is 0 Å². The number of ether oxygens (including phenoxy) is 1. The fourth-order valence-electron chi connectivity index (χ4n) is 0.800. The first kappa shape index (κ1) is 10.6. The highest BCUT2D eigenvalue weighted by Gasteiger charge is 1.90. The first-order chi connectivity index (χ1) is 6.33. The molecule has 0 aliphatic heterocycles. The van der Waals surface area contributed by atoms with E-state index in [4.69, 9.17) is 16.3 Å². The second kappa shape index (κ2) is 6.06. The van der Waals surface area contributed by atoms with Crippen molar-refractivity contribution < 1.29 is 4.74 Å². The van der Waals surface area contributed by atoms with Gasteiger partial charge in [0.15, 0.2) is 0 Å². The molecular formula is C10H10BrClO. The largest absolute Gasteiger partial charge is 0.489 e. The second-order valence-electron chi connectivity index (χ2n) is 2.41.